The SMILES string of the molecule is O=C(Nc1ccc2cnoc2c1)[C@H](O)C1OCCN(c2ccc(C(F)(F)F)cc2)C1=O. The molecule has 1 saturated heterocycles. The zero-order valence-corrected chi connectivity index (χ0v) is 15.8. The second-order valence-corrected chi connectivity index (χ2v) is 6.84. The number of hydrogen-bond acceptors (Lipinski definition) is 6. The Kier molecular flexibility index (Phi) is 5.38. The van der Waals surface area contributed by atoms with Gasteiger partial charge in [0.2, 0.25) is 0 Å². The van der Waals surface area contributed by atoms with Crippen LogP contribution in [0.4, 0.5) is 24.5 Å². The first-order valence-corrected chi connectivity index (χ1v) is 9.17. The monoisotopic (exact) mass is 435 g/mol. The lowest BCUT2D eigenvalue weighted by atomic mass is 10.1. The second kappa shape index (κ2) is 8.00. The molecule has 1 aliphatic heterocycles. The van der Waals surface area contributed by atoms with Gasteiger partial charge >= 0.3 is 6.18 Å². The summed E-state index contributed by atoms with van der Waals surface area (Å²) in [6, 6.07) is 8.76. The predicted octanol–water partition coefficient (Wildman–Crippen LogP) is 2.58. The Morgan fingerprint density at radius 2 is 1.97 bits per heavy atom. The molecule has 2 heterocycles. The maximum absolute atomic E-state index is 12.8. The van der Waals surface area contributed by atoms with E-state index in [1.165, 1.54) is 17.2 Å². The molecular formula is C20H16F3N3O5. The molecule has 2 amide bonds. The number of rotatable bonds is 4. The molecule has 0 bridgehead atoms. The minimum Gasteiger partial charge on any atom is -0.380 e. The third-order valence-electron chi connectivity index (χ3n) is 4.81. The van der Waals surface area contributed by atoms with Gasteiger partial charge in [0.05, 0.1) is 18.4 Å². The van der Waals surface area contributed by atoms with E-state index >= 15 is 0 Å². The lowest BCUT2D eigenvalue weighted by Crippen LogP contribution is -2.55. The molecule has 2 N–H and O–H groups in total. The minimum atomic E-state index is -4.50. The number of alkyl halides is 3. The highest BCUT2D eigenvalue weighted by Gasteiger charge is 2.39. The molecule has 0 saturated carbocycles. The van der Waals surface area contributed by atoms with Gasteiger partial charge in [0.15, 0.2) is 17.8 Å². The highest BCUT2D eigenvalue weighted by molar-refractivity contribution is 6.04. The van der Waals surface area contributed by atoms with Crippen molar-refractivity contribution < 1.29 is 37.1 Å². The number of hydrogen-bond donors (Lipinski definition) is 2. The first-order valence-electron chi connectivity index (χ1n) is 9.17. The van der Waals surface area contributed by atoms with Gasteiger partial charge in [0, 0.05) is 29.4 Å². The van der Waals surface area contributed by atoms with Gasteiger partial charge in [-0.2, -0.15) is 13.2 Å². The van der Waals surface area contributed by atoms with Crippen LogP contribution in [0.2, 0.25) is 0 Å². The molecule has 1 fully saturated rings. The summed E-state index contributed by atoms with van der Waals surface area (Å²) in [4.78, 5) is 26.4. The van der Waals surface area contributed by atoms with E-state index in [1.807, 2.05) is 0 Å². The van der Waals surface area contributed by atoms with Gasteiger partial charge in [-0.15, -0.1) is 0 Å². The number of anilines is 2. The van der Waals surface area contributed by atoms with Crippen molar-refractivity contribution >= 4 is 34.2 Å². The van der Waals surface area contributed by atoms with Crippen LogP contribution in [0.15, 0.2) is 53.2 Å². The van der Waals surface area contributed by atoms with E-state index in [0.717, 1.165) is 29.7 Å². The number of nitrogens with one attached hydrogen (secondary N) is 1. The highest BCUT2D eigenvalue weighted by atomic mass is 19.4. The Hall–Kier alpha value is -3.44. The average Bonchev–Trinajstić information content (AvgIpc) is 3.21. The van der Waals surface area contributed by atoms with Crippen LogP contribution >= 0.6 is 0 Å². The van der Waals surface area contributed by atoms with Gasteiger partial charge in [-0.05, 0) is 36.4 Å². The maximum atomic E-state index is 12.8. The van der Waals surface area contributed by atoms with Crippen molar-refractivity contribution in [3.05, 3.63) is 54.2 Å². The fraction of sp³-hybridized carbons (Fsp3) is 0.250. The van der Waals surface area contributed by atoms with Crippen LogP contribution in [-0.4, -0.2) is 47.4 Å². The first kappa shape index (κ1) is 20.8. The van der Waals surface area contributed by atoms with Crippen molar-refractivity contribution in [2.24, 2.45) is 0 Å². The largest absolute Gasteiger partial charge is 0.416 e. The van der Waals surface area contributed by atoms with E-state index in [0.29, 0.717) is 11.3 Å². The number of aliphatic hydroxyl groups is 1. The van der Waals surface area contributed by atoms with E-state index in [2.05, 4.69) is 10.5 Å². The molecule has 3 aromatic rings. The number of fused-ring (bicyclic) bond motifs is 1. The number of halogens is 3. The molecule has 31 heavy (non-hydrogen) atoms. The molecule has 1 aliphatic rings. The quantitative estimate of drug-likeness (QED) is 0.653. The maximum Gasteiger partial charge on any atom is 0.416 e. The molecule has 2 atom stereocenters. The number of benzene rings is 2. The van der Waals surface area contributed by atoms with E-state index in [-0.39, 0.29) is 18.8 Å². The summed E-state index contributed by atoms with van der Waals surface area (Å²) in [5.41, 5.74) is 0.0910. The normalized spacial score (nSPS) is 18.3. The summed E-state index contributed by atoms with van der Waals surface area (Å²) in [5, 5.41) is 17.2. The predicted molar refractivity (Wildman–Crippen MR) is 102 cm³/mol. The molecular weight excluding hydrogens is 419 g/mol. The summed E-state index contributed by atoms with van der Waals surface area (Å²) in [6.45, 7) is 0.0585. The third kappa shape index (κ3) is 4.23. The number of ether oxygens (including phenoxy) is 1. The number of nitrogens with zero attached hydrogens (tertiary/aromatic N) is 2. The van der Waals surface area contributed by atoms with Crippen LogP contribution in [-0.2, 0) is 20.5 Å². The van der Waals surface area contributed by atoms with Gasteiger partial charge < -0.3 is 24.6 Å². The number of amides is 2. The molecule has 0 spiro atoms. The lowest BCUT2D eigenvalue weighted by molar-refractivity contribution is -0.150. The van der Waals surface area contributed by atoms with Crippen molar-refractivity contribution in [3.63, 3.8) is 0 Å². The molecule has 4 rings (SSSR count). The standard InChI is InChI=1S/C20H16F3N3O5/c21-20(22,23)12-2-5-14(6-3-12)26-7-8-30-17(19(26)29)16(27)18(28)25-13-4-1-11-10-24-31-15(11)9-13/h1-6,9-10,16-17,27H,7-8H2,(H,25,28)/t16-,17?/m1/s1. The van der Waals surface area contributed by atoms with E-state index in [4.69, 9.17) is 9.26 Å². The number of aromatic nitrogens is 1. The highest BCUT2D eigenvalue weighted by Crippen LogP contribution is 2.31. The Balaban J connectivity index is 1.46. The number of carbonyl (C=O) groups excluding carboxylic acids is 2. The zero-order chi connectivity index (χ0) is 22.2. The van der Waals surface area contributed by atoms with Crippen molar-refractivity contribution in [2.75, 3.05) is 23.4 Å². The van der Waals surface area contributed by atoms with E-state index in [1.54, 1.807) is 12.1 Å². The Bertz CT molecular complexity index is 1110. The molecule has 1 unspecified atom stereocenters. The van der Waals surface area contributed by atoms with Crippen molar-refractivity contribution in [1.29, 1.82) is 0 Å². The summed E-state index contributed by atoms with van der Waals surface area (Å²) in [5.74, 6) is -1.62. The first-order chi connectivity index (χ1) is 14.7. The Morgan fingerprint density at radius 1 is 1.23 bits per heavy atom. The van der Waals surface area contributed by atoms with Gasteiger partial charge in [0.1, 0.15) is 0 Å². The zero-order valence-electron chi connectivity index (χ0n) is 15.8. The summed E-state index contributed by atoms with van der Waals surface area (Å²) < 4.78 is 48.6. The Morgan fingerprint density at radius 3 is 2.68 bits per heavy atom. The van der Waals surface area contributed by atoms with Gasteiger partial charge in [-0.1, -0.05) is 5.16 Å². The third-order valence-corrected chi connectivity index (χ3v) is 4.81. The summed E-state index contributed by atoms with van der Waals surface area (Å²) >= 11 is 0. The van der Waals surface area contributed by atoms with Crippen LogP contribution in [0.25, 0.3) is 11.0 Å². The second-order valence-electron chi connectivity index (χ2n) is 6.84. The lowest BCUT2D eigenvalue weighted by Gasteiger charge is -2.34. The van der Waals surface area contributed by atoms with Gasteiger partial charge in [0.25, 0.3) is 11.8 Å². The topological polar surface area (TPSA) is 105 Å². The molecule has 0 aliphatic carbocycles. The fourth-order valence-corrected chi connectivity index (χ4v) is 3.21. The van der Waals surface area contributed by atoms with Crippen LogP contribution in [0.1, 0.15) is 5.56 Å². The van der Waals surface area contributed by atoms with Crippen molar-refractivity contribution in [2.45, 2.75) is 18.4 Å². The molecule has 162 valence electrons. The van der Waals surface area contributed by atoms with Crippen molar-refractivity contribution in [3.8, 4) is 0 Å². The molecule has 11 heteroatoms. The van der Waals surface area contributed by atoms with Gasteiger partial charge in [-0.3, -0.25) is 9.59 Å². The number of morpholine rings is 1. The minimum absolute atomic E-state index is 0.00814. The Labute approximate surface area is 173 Å². The number of carbonyl (C=O) groups is 2. The van der Waals surface area contributed by atoms with E-state index < -0.39 is 35.8 Å². The van der Waals surface area contributed by atoms with Gasteiger partial charge in [-0.25, -0.2) is 0 Å². The van der Waals surface area contributed by atoms with Crippen molar-refractivity contribution in [1.82, 2.24) is 5.16 Å². The van der Waals surface area contributed by atoms with E-state index in [9.17, 15) is 27.9 Å². The number of aliphatic hydroxyl groups excluding tert-OH is 1. The smallest absolute Gasteiger partial charge is 0.380 e. The molecule has 8 nitrogen and oxygen atoms in total. The summed E-state index contributed by atoms with van der Waals surface area (Å²) in [6.07, 6.45) is -6.35. The van der Waals surface area contributed by atoms with Crippen LogP contribution in [0.3, 0.4) is 0 Å². The molecule has 1 aromatic heterocycles. The molecule has 0 radical (unpaired) electrons. The molecule has 2 aromatic carbocycles. The van der Waals surface area contributed by atoms with Crippen LogP contribution in [0, 0.1) is 0 Å². The fourth-order valence-electron chi connectivity index (χ4n) is 3.21. The average molecular weight is 435 g/mol. The summed E-state index contributed by atoms with van der Waals surface area (Å²) in [7, 11) is 0. The van der Waals surface area contributed by atoms with Crippen LogP contribution < -0.4 is 10.2 Å². The van der Waals surface area contributed by atoms with Crippen LogP contribution in [0.5, 0.6) is 0 Å².